The highest BCUT2D eigenvalue weighted by Crippen LogP contribution is 2.39. The number of ether oxygens (including phenoxy) is 1. The Kier molecular flexibility index (Phi) is 1.87. The van der Waals surface area contributed by atoms with Crippen LogP contribution < -0.4 is 4.74 Å². The Hall–Kier alpha value is -0.500. The van der Waals surface area contributed by atoms with Crippen LogP contribution in [0.1, 0.15) is 12.5 Å². The van der Waals surface area contributed by atoms with Crippen molar-refractivity contribution >= 4 is 15.9 Å². The van der Waals surface area contributed by atoms with Crippen LogP contribution in [0.4, 0.5) is 0 Å². The number of hydrogen-bond donors (Lipinski definition) is 0. The zero-order valence-electron chi connectivity index (χ0n) is 7.01. The lowest BCUT2D eigenvalue weighted by molar-refractivity contribution is 0.294. The molecule has 0 saturated heterocycles. The summed E-state index contributed by atoms with van der Waals surface area (Å²) < 4.78 is 5.57. The summed E-state index contributed by atoms with van der Waals surface area (Å²) in [6.07, 6.45) is 0. The van der Waals surface area contributed by atoms with E-state index >= 15 is 0 Å². The molecule has 0 amide bonds. The largest absolute Gasteiger partial charge is 0.492 e. The maximum atomic E-state index is 5.57. The first-order chi connectivity index (χ1) is 5.76. The molecule has 0 spiro atoms. The maximum absolute atomic E-state index is 5.57. The SMILES string of the molecule is C[C@@]1(CBr)COc2ccccc21. The van der Waals surface area contributed by atoms with Crippen molar-refractivity contribution in [3.8, 4) is 5.75 Å². The number of para-hydroxylation sites is 1. The third-order valence-electron chi connectivity index (χ3n) is 2.38. The van der Waals surface area contributed by atoms with Crippen LogP contribution in [0.5, 0.6) is 5.75 Å². The van der Waals surface area contributed by atoms with Crippen molar-refractivity contribution in [2.45, 2.75) is 12.3 Å². The van der Waals surface area contributed by atoms with Crippen molar-refractivity contribution in [1.82, 2.24) is 0 Å². The van der Waals surface area contributed by atoms with E-state index in [2.05, 4.69) is 35.0 Å². The first kappa shape index (κ1) is 8.11. The van der Waals surface area contributed by atoms with E-state index in [9.17, 15) is 0 Å². The summed E-state index contributed by atoms with van der Waals surface area (Å²) in [4.78, 5) is 0. The number of hydrogen-bond acceptors (Lipinski definition) is 1. The Morgan fingerprint density at radius 1 is 1.50 bits per heavy atom. The molecule has 1 aliphatic rings. The van der Waals surface area contributed by atoms with Crippen LogP contribution in [0.15, 0.2) is 24.3 Å². The summed E-state index contributed by atoms with van der Waals surface area (Å²) >= 11 is 3.52. The topological polar surface area (TPSA) is 9.23 Å². The molecule has 64 valence electrons. The number of benzene rings is 1. The van der Waals surface area contributed by atoms with Crippen LogP contribution in [0.25, 0.3) is 0 Å². The van der Waals surface area contributed by atoms with Crippen molar-refractivity contribution in [2.24, 2.45) is 0 Å². The van der Waals surface area contributed by atoms with Gasteiger partial charge in [-0.05, 0) is 6.07 Å². The highest BCUT2D eigenvalue weighted by atomic mass is 79.9. The van der Waals surface area contributed by atoms with Gasteiger partial charge in [-0.2, -0.15) is 0 Å². The van der Waals surface area contributed by atoms with Gasteiger partial charge in [-0.3, -0.25) is 0 Å². The van der Waals surface area contributed by atoms with Crippen LogP contribution in [0, 0.1) is 0 Å². The maximum Gasteiger partial charge on any atom is 0.123 e. The van der Waals surface area contributed by atoms with E-state index in [-0.39, 0.29) is 5.41 Å². The molecule has 2 rings (SSSR count). The average molecular weight is 227 g/mol. The van der Waals surface area contributed by atoms with Gasteiger partial charge in [-0.1, -0.05) is 41.1 Å². The second-order valence-corrected chi connectivity index (χ2v) is 4.04. The second kappa shape index (κ2) is 2.77. The summed E-state index contributed by atoms with van der Waals surface area (Å²) in [5.41, 5.74) is 1.48. The van der Waals surface area contributed by atoms with E-state index in [4.69, 9.17) is 4.74 Å². The van der Waals surface area contributed by atoms with Gasteiger partial charge in [0.15, 0.2) is 0 Å². The first-order valence-corrected chi connectivity index (χ1v) is 5.17. The molecule has 0 radical (unpaired) electrons. The normalized spacial score (nSPS) is 26.5. The van der Waals surface area contributed by atoms with E-state index < -0.39 is 0 Å². The predicted octanol–water partition coefficient (Wildman–Crippen LogP) is 2.73. The fraction of sp³-hybridized carbons (Fsp3) is 0.400. The highest BCUT2D eigenvalue weighted by Gasteiger charge is 2.34. The molecule has 0 saturated carbocycles. The van der Waals surface area contributed by atoms with Gasteiger partial charge in [0.05, 0.1) is 6.61 Å². The molecule has 0 N–H and O–H groups in total. The number of rotatable bonds is 1. The van der Waals surface area contributed by atoms with Gasteiger partial charge < -0.3 is 4.74 Å². The third-order valence-corrected chi connectivity index (χ3v) is 3.62. The van der Waals surface area contributed by atoms with E-state index in [0.717, 1.165) is 17.7 Å². The molecule has 1 aromatic rings. The lowest BCUT2D eigenvalue weighted by Crippen LogP contribution is -2.25. The van der Waals surface area contributed by atoms with Crippen LogP contribution >= 0.6 is 15.9 Å². The van der Waals surface area contributed by atoms with Crippen molar-refractivity contribution < 1.29 is 4.74 Å². The van der Waals surface area contributed by atoms with Crippen LogP contribution in [-0.2, 0) is 5.41 Å². The van der Waals surface area contributed by atoms with E-state index in [1.54, 1.807) is 0 Å². The van der Waals surface area contributed by atoms with Gasteiger partial charge in [-0.15, -0.1) is 0 Å². The van der Waals surface area contributed by atoms with Crippen molar-refractivity contribution in [1.29, 1.82) is 0 Å². The second-order valence-electron chi connectivity index (χ2n) is 3.48. The van der Waals surface area contributed by atoms with Crippen molar-refractivity contribution in [3.63, 3.8) is 0 Å². The molecule has 1 heterocycles. The minimum Gasteiger partial charge on any atom is -0.492 e. The molecule has 2 heteroatoms. The fourth-order valence-corrected chi connectivity index (χ4v) is 1.98. The molecule has 0 aromatic heterocycles. The van der Waals surface area contributed by atoms with E-state index in [1.165, 1.54) is 5.56 Å². The summed E-state index contributed by atoms with van der Waals surface area (Å²) in [6.45, 7) is 3.01. The Labute approximate surface area is 80.9 Å². The van der Waals surface area contributed by atoms with Gasteiger partial charge in [0, 0.05) is 16.3 Å². The van der Waals surface area contributed by atoms with Crippen molar-refractivity contribution in [3.05, 3.63) is 29.8 Å². The Morgan fingerprint density at radius 3 is 3.00 bits per heavy atom. The Bertz CT molecular complexity index is 298. The average Bonchev–Trinajstić information content (AvgIpc) is 2.46. The lowest BCUT2D eigenvalue weighted by Gasteiger charge is -2.18. The van der Waals surface area contributed by atoms with E-state index in [0.29, 0.717) is 0 Å². The molecule has 1 nitrogen and oxygen atoms in total. The van der Waals surface area contributed by atoms with Gasteiger partial charge in [0.25, 0.3) is 0 Å². The molecular formula is C10H11BrO. The molecule has 1 aromatic carbocycles. The van der Waals surface area contributed by atoms with Gasteiger partial charge in [0.1, 0.15) is 5.75 Å². The van der Waals surface area contributed by atoms with Crippen LogP contribution in [0.3, 0.4) is 0 Å². The number of halogens is 1. The standard InChI is InChI=1S/C10H11BrO/c1-10(6-11)7-12-9-5-3-2-4-8(9)10/h2-5H,6-7H2,1H3/t10-/m1/s1. The number of alkyl halides is 1. The van der Waals surface area contributed by atoms with Gasteiger partial charge in [0.2, 0.25) is 0 Å². The molecule has 0 fully saturated rings. The van der Waals surface area contributed by atoms with Crippen LogP contribution in [0.2, 0.25) is 0 Å². The Balaban J connectivity index is 2.49. The van der Waals surface area contributed by atoms with Crippen molar-refractivity contribution in [2.75, 3.05) is 11.9 Å². The van der Waals surface area contributed by atoms with E-state index in [1.807, 2.05) is 12.1 Å². The van der Waals surface area contributed by atoms with Gasteiger partial charge >= 0.3 is 0 Å². The molecule has 0 unspecified atom stereocenters. The first-order valence-electron chi connectivity index (χ1n) is 4.04. The summed E-state index contributed by atoms with van der Waals surface area (Å²) in [5.74, 6) is 1.04. The summed E-state index contributed by atoms with van der Waals surface area (Å²) in [5, 5.41) is 0.955. The quantitative estimate of drug-likeness (QED) is 0.670. The molecule has 12 heavy (non-hydrogen) atoms. The van der Waals surface area contributed by atoms with Crippen LogP contribution in [-0.4, -0.2) is 11.9 Å². The lowest BCUT2D eigenvalue weighted by atomic mass is 9.87. The Morgan fingerprint density at radius 2 is 2.25 bits per heavy atom. The molecule has 1 aliphatic heterocycles. The number of fused-ring (bicyclic) bond motifs is 1. The molecule has 0 bridgehead atoms. The zero-order chi connectivity index (χ0) is 8.60. The molecule has 0 aliphatic carbocycles. The minimum absolute atomic E-state index is 0.163. The monoisotopic (exact) mass is 226 g/mol. The predicted molar refractivity (Wildman–Crippen MR) is 53.1 cm³/mol. The zero-order valence-corrected chi connectivity index (χ0v) is 8.60. The fourth-order valence-electron chi connectivity index (χ4n) is 1.52. The smallest absolute Gasteiger partial charge is 0.123 e. The molecular weight excluding hydrogens is 216 g/mol. The van der Waals surface area contributed by atoms with Gasteiger partial charge in [-0.25, -0.2) is 0 Å². The third kappa shape index (κ3) is 1.06. The minimum atomic E-state index is 0.163. The molecule has 1 atom stereocenters. The summed E-state index contributed by atoms with van der Waals surface area (Å²) in [6, 6.07) is 8.25. The summed E-state index contributed by atoms with van der Waals surface area (Å²) in [7, 11) is 0. The highest BCUT2D eigenvalue weighted by molar-refractivity contribution is 9.09.